The zero-order chi connectivity index (χ0) is 14.5. The molecule has 0 saturated carbocycles. The molecule has 2 rings (SSSR count). The molecule has 0 spiro atoms. The molecule has 1 aromatic carbocycles. The first-order valence-corrected chi connectivity index (χ1v) is 6.83. The molecule has 0 radical (unpaired) electrons. The number of nitrogens with one attached hydrogen (secondary N) is 1. The molecule has 0 aliphatic rings. The maximum Gasteiger partial charge on any atom is 0.323 e. The van der Waals surface area contributed by atoms with Crippen molar-refractivity contribution in [2.45, 2.75) is 6.42 Å². The minimum atomic E-state index is -0.205. The highest BCUT2D eigenvalue weighted by molar-refractivity contribution is 7.15. The van der Waals surface area contributed by atoms with Gasteiger partial charge in [0.2, 0.25) is 0 Å². The third kappa shape index (κ3) is 3.33. The summed E-state index contributed by atoms with van der Waals surface area (Å²) in [4.78, 5) is 18.1. The van der Waals surface area contributed by atoms with Crippen LogP contribution in [0.4, 0.5) is 9.93 Å². The van der Waals surface area contributed by atoms with Crippen molar-refractivity contribution >= 4 is 22.5 Å². The van der Waals surface area contributed by atoms with Gasteiger partial charge >= 0.3 is 6.03 Å². The average Bonchev–Trinajstić information content (AvgIpc) is 2.86. The van der Waals surface area contributed by atoms with E-state index in [-0.39, 0.29) is 6.03 Å². The van der Waals surface area contributed by atoms with Crippen LogP contribution in [0.3, 0.4) is 0 Å². The SMILES string of the molecule is CN(C)C(=O)Nc1ncc(Cc2ccccc2C#N)s1. The van der Waals surface area contributed by atoms with Crippen molar-refractivity contribution in [3.05, 3.63) is 46.5 Å². The molecule has 5 nitrogen and oxygen atoms in total. The Kier molecular flexibility index (Phi) is 4.33. The largest absolute Gasteiger partial charge is 0.331 e. The quantitative estimate of drug-likeness (QED) is 0.943. The van der Waals surface area contributed by atoms with E-state index in [1.807, 2.05) is 18.2 Å². The van der Waals surface area contributed by atoms with Crippen LogP contribution in [-0.4, -0.2) is 30.0 Å². The Bertz CT molecular complexity index is 657. The number of nitriles is 1. The highest BCUT2D eigenvalue weighted by Crippen LogP contribution is 2.22. The number of amides is 2. The first kappa shape index (κ1) is 14.0. The Balaban J connectivity index is 2.10. The van der Waals surface area contributed by atoms with Crippen molar-refractivity contribution in [3.63, 3.8) is 0 Å². The van der Waals surface area contributed by atoms with Crippen molar-refractivity contribution in [1.82, 2.24) is 9.88 Å². The molecule has 2 amide bonds. The van der Waals surface area contributed by atoms with Crippen LogP contribution in [0, 0.1) is 11.3 Å². The van der Waals surface area contributed by atoms with Crippen LogP contribution in [0.25, 0.3) is 0 Å². The summed E-state index contributed by atoms with van der Waals surface area (Å²) in [5.74, 6) is 0. The van der Waals surface area contributed by atoms with E-state index in [0.717, 1.165) is 10.4 Å². The minimum absolute atomic E-state index is 0.205. The zero-order valence-electron chi connectivity index (χ0n) is 11.3. The van der Waals surface area contributed by atoms with E-state index in [0.29, 0.717) is 17.1 Å². The second kappa shape index (κ2) is 6.17. The molecule has 0 unspecified atom stereocenters. The van der Waals surface area contributed by atoms with Gasteiger partial charge in [0, 0.05) is 31.6 Å². The second-order valence-corrected chi connectivity index (χ2v) is 5.52. The van der Waals surface area contributed by atoms with E-state index in [4.69, 9.17) is 5.26 Å². The van der Waals surface area contributed by atoms with E-state index in [2.05, 4.69) is 16.4 Å². The molecule has 1 N–H and O–H groups in total. The normalized spacial score (nSPS) is 9.85. The number of hydrogen-bond donors (Lipinski definition) is 1. The zero-order valence-corrected chi connectivity index (χ0v) is 12.1. The van der Waals surface area contributed by atoms with Gasteiger partial charge in [-0.05, 0) is 11.6 Å². The van der Waals surface area contributed by atoms with Crippen molar-refractivity contribution in [3.8, 4) is 6.07 Å². The predicted octanol–water partition coefficient (Wildman–Crippen LogP) is 2.70. The van der Waals surface area contributed by atoms with Crippen molar-refractivity contribution in [2.24, 2.45) is 0 Å². The van der Waals surface area contributed by atoms with E-state index in [1.165, 1.54) is 16.2 Å². The summed E-state index contributed by atoms with van der Waals surface area (Å²) >= 11 is 1.41. The van der Waals surface area contributed by atoms with Crippen molar-refractivity contribution in [1.29, 1.82) is 5.26 Å². The highest BCUT2D eigenvalue weighted by Gasteiger charge is 2.09. The Morgan fingerprint density at radius 2 is 2.20 bits per heavy atom. The molecule has 0 aliphatic carbocycles. The maximum atomic E-state index is 11.5. The van der Waals surface area contributed by atoms with Gasteiger partial charge in [-0.25, -0.2) is 9.78 Å². The topological polar surface area (TPSA) is 69.0 Å². The number of anilines is 1. The molecule has 0 atom stereocenters. The Morgan fingerprint density at radius 3 is 2.90 bits per heavy atom. The summed E-state index contributed by atoms with van der Waals surface area (Å²) < 4.78 is 0. The van der Waals surface area contributed by atoms with Gasteiger partial charge in [0.1, 0.15) is 0 Å². The molecule has 1 aromatic heterocycles. The fourth-order valence-electron chi connectivity index (χ4n) is 1.62. The van der Waals surface area contributed by atoms with Crippen LogP contribution in [0.15, 0.2) is 30.5 Å². The summed E-state index contributed by atoms with van der Waals surface area (Å²) in [7, 11) is 3.35. The number of urea groups is 1. The number of benzene rings is 1. The lowest BCUT2D eigenvalue weighted by molar-refractivity contribution is 0.230. The molecule has 102 valence electrons. The fraction of sp³-hybridized carbons (Fsp3) is 0.214. The van der Waals surface area contributed by atoms with E-state index >= 15 is 0 Å². The molecule has 20 heavy (non-hydrogen) atoms. The molecule has 0 bridgehead atoms. The number of nitrogens with zero attached hydrogens (tertiary/aromatic N) is 3. The Hall–Kier alpha value is -2.39. The van der Waals surface area contributed by atoms with E-state index < -0.39 is 0 Å². The smallest absolute Gasteiger partial charge is 0.323 e. The van der Waals surface area contributed by atoms with Gasteiger partial charge in [0.25, 0.3) is 0 Å². The lowest BCUT2D eigenvalue weighted by Gasteiger charge is -2.09. The minimum Gasteiger partial charge on any atom is -0.331 e. The predicted molar refractivity (Wildman–Crippen MR) is 78.8 cm³/mol. The van der Waals surface area contributed by atoms with Crippen LogP contribution in [0.5, 0.6) is 0 Å². The molecular formula is C14H14N4OS. The van der Waals surface area contributed by atoms with Gasteiger partial charge in [-0.2, -0.15) is 5.26 Å². The van der Waals surface area contributed by atoms with Gasteiger partial charge in [-0.15, -0.1) is 11.3 Å². The number of thiazole rings is 1. The molecule has 0 fully saturated rings. The van der Waals surface area contributed by atoms with Crippen LogP contribution >= 0.6 is 11.3 Å². The van der Waals surface area contributed by atoms with Gasteiger partial charge in [-0.1, -0.05) is 18.2 Å². The van der Waals surface area contributed by atoms with Crippen LogP contribution in [0.1, 0.15) is 16.0 Å². The van der Waals surface area contributed by atoms with Crippen molar-refractivity contribution in [2.75, 3.05) is 19.4 Å². The van der Waals surface area contributed by atoms with Crippen LogP contribution < -0.4 is 5.32 Å². The number of carbonyl (C=O) groups excluding carboxylic acids is 1. The Morgan fingerprint density at radius 1 is 1.45 bits per heavy atom. The lowest BCUT2D eigenvalue weighted by Crippen LogP contribution is -2.27. The maximum absolute atomic E-state index is 11.5. The van der Waals surface area contributed by atoms with Crippen LogP contribution in [-0.2, 0) is 6.42 Å². The molecular weight excluding hydrogens is 272 g/mol. The molecule has 1 heterocycles. The molecule has 0 aliphatic heterocycles. The second-order valence-electron chi connectivity index (χ2n) is 4.40. The molecule has 2 aromatic rings. The van der Waals surface area contributed by atoms with Gasteiger partial charge in [-0.3, -0.25) is 5.32 Å². The van der Waals surface area contributed by atoms with E-state index in [9.17, 15) is 4.79 Å². The van der Waals surface area contributed by atoms with Gasteiger partial charge in [0.05, 0.1) is 11.6 Å². The summed E-state index contributed by atoms with van der Waals surface area (Å²) in [6, 6.07) is 9.45. The van der Waals surface area contributed by atoms with Gasteiger partial charge < -0.3 is 4.90 Å². The number of carbonyl (C=O) groups is 1. The Labute approximate surface area is 121 Å². The third-order valence-corrected chi connectivity index (χ3v) is 3.59. The summed E-state index contributed by atoms with van der Waals surface area (Å²) in [5, 5.41) is 12.3. The first-order valence-electron chi connectivity index (χ1n) is 6.01. The molecule has 0 saturated heterocycles. The first-order chi connectivity index (χ1) is 9.60. The average molecular weight is 286 g/mol. The number of hydrogen-bond acceptors (Lipinski definition) is 4. The van der Waals surface area contributed by atoms with E-state index in [1.54, 1.807) is 26.4 Å². The highest BCUT2D eigenvalue weighted by atomic mass is 32.1. The van der Waals surface area contributed by atoms with Crippen molar-refractivity contribution < 1.29 is 4.79 Å². The summed E-state index contributed by atoms with van der Waals surface area (Å²) in [5.41, 5.74) is 1.63. The lowest BCUT2D eigenvalue weighted by atomic mass is 10.1. The number of aromatic nitrogens is 1. The molecule has 6 heteroatoms. The number of rotatable bonds is 3. The monoisotopic (exact) mass is 286 g/mol. The summed E-state index contributed by atoms with van der Waals surface area (Å²) in [6.45, 7) is 0. The third-order valence-electron chi connectivity index (χ3n) is 2.68. The summed E-state index contributed by atoms with van der Waals surface area (Å²) in [6.07, 6.45) is 2.36. The van der Waals surface area contributed by atoms with Crippen LogP contribution in [0.2, 0.25) is 0 Å². The standard InChI is InChI=1S/C14H14N4OS/c1-18(2)14(19)17-13-16-9-12(20-13)7-10-5-3-4-6-11(10)8-15/h3-6,9H,7H2,1-2H3,(H,16,17,19). The van der Waals surface area contributed by atoms with Gasteiger partial charge in [0.15, 0.2) is 5.13 Å². The fourth-order valence-corrected chi connectivity index (χ4v) is 2.45.